The number of rotatable bonds is 4. The summed E-state index contributed by atoms with van der Waals surface area (Å²) in [6, 6.07) is 5.60. The molecule has 168 valence electrons. The number of Topliss-reactive ketones (excluding diaryl/α,β-unsaturated/α-hetero) is 1. The fourth-order valence-corrected chi connectivity index (χ4v) is 5.60. The van der Waals surface area contributed by atoms with E-state index >= 15 is 0 Å². The van der Waals surface area contributed by atoms with Gasteiger partial charge in [-0.15, -0.1) is 11.3 Å². The second-order valence-electron chi connectivity index (χ2n) is 8.84. The van der Waals surface area contributed by atoms with Crippen molar-refractivity contribution in [3.05, 3.63) is 45.4 Å². The summed E-state index contributed by atoms with van der Waals surface area (Å²) in [5.74, 6) is 0.921. The van der Waals surface area contributed by atoms with Gasteiger partial charge in [-0.25, -0.2) is 9.50 Å². The summed E-state index contributed by atoms with van der Waals surface area (Å²) in [5, 5.41) is 4.81. The summed E-state index contributed by atoms with van der Waals surface area (Å²) < 4.78 is 1.82. The first-order chi connectivity index (χ1) is 15.4. The average Bonchev–Trinajstić information content (AvgIpc) is 3.52. The Kier molecular flexibility index (Phi) is 5.46. The second kappa shape index (κ2) is 8.29. The Morgan fingerprint density at radius 3 is 2.69 bits per heavy atom. The number of ketones is 1. The Morgan fingerprint density at radius 2 is 1.97 bits per heavy atom. The van der Waals surface area contributed by atoms with Crippen LogP contribution in [0.1, 0.15) is 69.2 Å². The number of carbonyl (C=O) groups is 2. The van der Waals surface area contributed by atoms with Gasteiger partial charge in [-0.3, -0.25) is 9.59 Å². The van der Waals surface area contributed by atoms with E-state index in [9.17, 15) is 9.59 Å². The highest BCUT2D eigenvalue weighted by atomic mass is 32.1. The van der Waals surface area contributed by atoms with E-state index in [1.165, 1.54) is 18.3 Å². The van der Waals surface area contributed by atoms with Crippen LogP contribution in [0.3, 0.4) is 0 Å². The van der Waals surface area contributed by atoms with Gasteiger partial charge in [0.1, 0.15) is 5.82 Å². The van der Waals surface area contributed by atoms with Gasteiger partial charge in [0.25, 0.3) is 5.91 Å². The molecule has 0 aliphatic carbocycles. The molecule has 8 nitrogen and oxygen atoms in total. The lowest BCUT2D eigenvalue weighted by atomic mass is 9.99. The number of aromatic nitrogens is 3. The van der Waals surface area contributed by atoms with Crippen LogP contribution in [0.4, 0.5) is 5.82 Å². The first-order valence-corrected chi connectivity index (χ1v) is 12.0. The number of thiophene rings is 1. The number of carbonyl (C=O) groups excluding carboxylic acids is 2. The summed E-state index contributed by atoms with van der Waals surface area (Å²) in [6.07, 6.45) is 5.88. The molecule has 9 heteroatoms. The van der Waals surface area contributed by atoms with Crippen LogP contribution in [0.2, 0.25) is 0 Å². The predicted octanol–water partition coefficient (Wildman–Crippen LogP) is 3.21. The van der Waals surface area contributed by atoms with E-state index in [4.69, 9.17) is 15.8 Å². The molecule has 0 bridgehead atoms. The predicted molar refractivity (Wildman–Crippen MR) is 124 cm³/mol. The van der Waals surface area contributed by atoms with Gasteiger partial charge in [0.15, 0.2) is 11.4 Å². The van der Waals surface area contributed by atoms with E-state index in [2.05, 4.69) is 4.90 Å². The Bertz CT molecular complexity index is 1180. The lowest BCUT2D eigenvalue weighted by Gasteiger charge is -2.34. The van der Waals surface area contributed by atoms with Gasteiger partial charge in [0, 0.05) is 43.5 Å². The molecule has 2 saturated heterocycles. The average molecular weight is 453 g/mol. The van der Waals surface area contributed by atoms with Crippen LogP contribution >= 0.6 is 11.3 Å². The second-order valence-corrected chi connectivity index (χ2v) is 9.93. The van der Waals surface area contributed by atoms with Crippen LogP contribution in [0, 0.1) is 6.92 Å². The van der Waals surface area contributed by atoms with Gasteiger partial charge in [0.05, 0.1) is 21.5 Å². The van der Waals surface area contributed by atoms with Crippen molar-refractivity contribution in [2.45, 2.75) is 51.6 Å². The molecule has 2 aliphatic heterocycles. The van der Waals surface area contributed by atoms with Crippen molar-refractivity contribution in [1.82, 2.24) is 19.5 Å². The highest BCUT2D eigenvalue weighted by Crippen LogP contribution is 2.33. The first-order valence-electron chi connectivity index (χ1n) is 11.2. The number of anilines is 1. The molecule has 0 spiro atoms. The van der Waals surface area contributed by atoms with Crippen LogP contribution in [0.15, 0.2) is 24.4 Å². The number of hydrogen-bond donors (Lipinski definition) is 1. The molecule has 0 unspecified atom stereocenters. The molecule has 0 aromatic carbocycles. The van der Waals surface area contributed by atoms with Gasteiger partial charge in [-0.2, -0.15) is 5.10 Å². The van der Waals surface area contributed by atoms with Gasteiger partial charge in [-0.1, -0.05) is 0 Å². The third kappa shape index (κ3) is 3.80. The van der Waals surface area contributed by atoms with Crippen molar-refractivity contribution >= 4 is 34.5 Å². The molecule has 2 N–H and O–H groups in total. The highest BCUT2D eigenvalue weighted by Gasteiger charge is 2.32. The number of amides is 1. The molecule has 3 aromatic rings. The number of piperidine rings is 1. The minimum atomic E-state index is -0.0928. The molecule has 5 heterocycles. The molecule has 2 aliphatic rings. The maximum Gasteiger partial charge on any atom is 0.264 e. The Hall–Kier alpha value is -2.78. The number of fused-ring (bicyclic) bond motifs is 1. The lowest BCUT2D eigenvalue weighted by Crippen LogP contribution is -2.38. The zero-order chi connectivity index (χ0) is 22.4. The van der Waals surface area contributed by atoms with Crippen molar-refractivity contribution < 1.29 is 9.59 Å². The van der Waals surface area contributed by atoms with Crippen molar-refractivity contribution in [3.8, 4) is 0 Å². The van der Waals surface area contributed by atoms with E-state index in [1.807, 2.05) is 28.6 Å². The van der Waals surface area contributed by atoms with Gasteiger partial charge in [-0.05, 0) is 51.7 Å². The van der Waals surface area contributed by atoms with E-state index < -0.39 is 0 Å². The monoisotopic (exact) mass is 452 g/mol. The maximum absolute atomic E-state index is 13.3. The summed E-state index contributed by atoms with van der Waals surface area (Å²) in [4.78, 5) is 35.2. The fraction of sp³-hybridized carbons (Fsp3) is 0.478. The highest BCUT2D eigenvalue weighted by molar-refractivity contribution is 7.15. The lowest BCUT2D eigenvalue weighted by molar-refractivity contribution is 0.0610. The Balaban J connectivity index is 1.45. The number of nitrogens with two attached hydrogens (primary N) is 1. The first kappa shape index (κ1) is 21.1. The normalized spacial score (nSPS) is 21.5. The molecular formula is C23H28N6O2S. The zero-order valence-corrected chi connectivity index (χ0v) is 19.3. The third-order valence-electron chi connectivity index (χ3n) is 6.42. The van der Waals surface area contributed by atoms with Crippen molar-refractivity contribution in [3.63, 3.8) is 0 Å². The van der Waals surface area contributed by atoms with Crippen LogP contribution in [-0.2, 0) is 0 Å². The number of likely N-dealkylation sites (tertiary alicyclic amines) is 1. The molecule has 3 aromatic heterocycles. The molecular weight excluding hydrogens is 424 g/mol. The minimum Gasteiger partial charge on any atom is -0.355 e. The number of nitrogens with zero attached hydrogens (tertiary/aromatic N) is 5. The molecule has 1 amide bonds. The fourth-order valence-electron chi connectivity index (χ4n) is 4.75. The number of aryl methyl sites for hydroxylation is 1. The Morgan fingerprint density at radius 1 is 1.16 bits per heavy atom. The molecule has 5 rings (SSSR count). The molecule has 0 radical (unpaired) electrons. The van der Waals surface area contributed by atoms with E-state index in [1.54, 1.807) is 12.1 Å². The molecule has 32 heavy (non-hydrogen) atoms. The van der Waals surface area contributed by atoms with Crippen LogP contribution in [0.25, 0.3) is 5.65 Å². The van der Waals surface area contributed by atoms with Crippen molar-refractivity contribution in [2.75, 3.05) is 24.5 Å². The van der Waals surface area contributed by atoms with Gasteiger partial charge >= 0.3 is 0 Å². The van der Waals surface area contributed by atoms with Crippen LogP contribution in [-0.4, -0.2) is 56.9 Å². The summed E-state index contributed by atoms with van der Waals surface area (Å²) in [6.45, 7) is 6.00. The SMILES string of the molecule is CC(=O)c1ccc(C(=O)N2CCCC[C@H]2c2cc3nc(N4CC[C@H](N)C4)c(C)cn3n2)s1. The minimum absolute atomic E-state index is 0.0131. The number of hydrogen-bond acceptors (Lipinski definition) is 7. The van der Waals surface area contributed by atoms with Crippen LogP contribution < -0.4 is 10.6 Å². The summed E-state index contributed by atoms with van der Waals surface area (Å²) in [7, 11) is 0. The van der Waals surface area contributed by atoms with E-state index in [0.717, 1.165) is 61.5 Å². The van der Waals surface area contributed by atoms with Crippen molar-refractivity contribution in [2.24, 2.45) is 5.73 Å². The summed E-state index contributed by atoms with van der Waals surface area (Å²) >= 11 is 1.27. The molecule has 0 saturated carbocycles. The molecule has 2 fully saturated rings. The third-order valence-corrected chi connectivity index (χ3v) is 7.59. The smallest absolute Gasteiger partial charge is 0.264 e. The van der Waals surface area contributed by atoms with Crippen LogP contribution in [0.5, 0.6) is 0 Å². The van der Waals surface area contributed by atoms with Gasteiger partial charge in [0.2, 0.25) is 0 Å². The Labute approximate surface area is 191 Å². The maximum atomic E-state index is 13.3. The topological polar surface area (TPSA) is 96.8 Å². The largest absolute Gasteiger partial charge is 0.355 e. The van der Waals surface area contributed by atoms with E-state index in [0.29, 0.717) is 16.3 Å². The van der Waals surface area contributed by atoms with E-state index in [-0.39, 0.29) is 23.8 Å². The molecule has 2 atom stereocenters. The zero-order valence-electron chi connectivity index (χ0n) is 18.5. The van der Waals surface area contributed by atoms with Gasteiger partial charge < -0.3 is 15.5 Å². The standard InChI is InChI=1S/C23H28N6O2S/c1-14-12-29-21(25-22(14)27-10-8-16(24)13-27)11-17(26-29)18-5-3-4-9-28(18)23(31)20-7-6-19(32-20)15(2)30/h6-7,11-12,16,18H,3-5,8-10,13,24H2,1-2H3/t16-,18-/m0/s1. The van der Waals surface area contributed by atoms with Crippen molar-refractivity contribution in [1.29, 1.82) is 0 Å². The summed E-state index contributed by atoms with van der Waals surface area (Å²) in [5.41, 5.74) is 8.81. The quantitative estimate of drug-likeness (QED) is 0.611.